The van der Waals surface area contributed by atoms with Crippen LogP contribution in [0, 0.1) is 6.92 Å². The summed E-state index contributed by atoms with van der Waals surface area (Å²) in [6.45, 7) is 1.85. The largest absolute Gasteiger partial charge is 0.390 e. The lowest BCUT2D eigenvalue weighted by Gasteiger charge is -2.03. The van der Waals surface area contributed by atoms with E-state index in [1.807, 2.05) is 25.1 Å². The lowest BCUT2D eigenvalue weighted by atomic mass is 10.2. The molecular formula is C10H10ClN3O. The minimum atomic E-state index is -0.122. The van der Waals surface area contributed by atoms with Gasteiger partial charge in [0.15, 0.2) is 0 Å². The second kappa shape index (κ2) is 4.00. The standard InChI is InChI=1S/C10H10ClN3O/c1-7-2-3-9(11)10(4-7)14-5-8(6-15)12-13-14/h2-5,15H,6H2,1H3. The maximum atomic E-state index is 8.87. The first-order valence-electron chi connectivity index (χ1n) is 4.49. The fourth-order valence-corrected chi connectivity index (χ4v) is 1.49. The van der Waals surface area contributed by atoms with E-state index in [2.05, 4.69) is 10.3 Å². The number of nitrogens with zero attached hydrogens (tertiary/aromatic N) is 3. The molecule has 0 aliphatic rings. The molecule has 5 heteroatoms. The van der Waals surface area contributed by atoms with Crippen molar-refractivity contribution < 1.29 is 5.11 Å². The maximum absolute atomic E-state index is 8.87. The highest BCUT2D eigenvalue weighted by Crippen LogP contribution is 2.20. The van der Waals surface area contributed by atoms with Crippen molar-refractivity contribution in [2.24, 2.45) is 0 Å². The van der Waals surface area contributed by atoms with Gasteiger partial charge in [-0.05, 0) is 24.6 Å². The van der Waals surface area contributed by atoms with E-state index in [0.29, 0.717) is 10.7 Å². The van der Waals surface area contributed by atoms with E-state index in [0.717, 1.165) is 11.3 Å². The molecule has 0 unspecified atom stereocenters. The number of aliphatic hydroxyl groups excluding tert-OH is 1. The number of benzene rings is 1. The molecule has 0 saturated carbocycles. The number of hydrogen-bond donors (Lipinski definition) is 1. The van der Waals surface area contributed by atoms with Crippen LogP contribution >= 0.6 is 11.6 Å². The van der Waals surface area contributed by atoms with Gasteiger partial charge in [0, 0.05) is 0 Å². The van der Waals surface area contributed by atoms with E-state index < -0.39 is 0 Å². The molecule has 0 saturated heterocycles. The molecule has 0 spiro atoms. The summed E-state index contributed by atoms with van der Waals surface area (Å²) in [6.07, 6.45) is 1.65. The summed E-state index contributed by atoms with van der Waals surface area (Å²) >= 11 is 6.03. The van der Waals surface area contributed by atoms with Gasteiger partial charge < -0.3 is 5.11 Å². The van der Waals surface area contributed by atoms with Gasteiger partial charge in [-0.2, -0.15) is 0 Å². The molecule has 78 valence electrons. The monoisotopic (exact) mass is 223 g/mol. The number of rotatable bonds is 2. The zero-order chi connectivity index (χ0) is 10.8. The van der Waals surface area contributed by atoms with Crippen molar-refractivity contribution in [3.63, 3.8) is 0 Å². The summed E-state index contributed by atoms with van der Waals surface area (Å²) in [5.74, 6) is 0. The van der Waals surface area contributed by atoms with Gasteiger partial charge in [-0.25, -0.2) is 4.68 Å². The normalized spacial score (nSPS) is 10.6. The second-order valence-corrected chi connectivity index (χ2v) is 3.67. The summed E-state index contributed by atoms with van der Waals surface area (Å²) in [7, 11) is 0. The number of aromatic nitrogens is 3. The molecular weight excluding hydrogens is 214 g/mol. The Bertz CT molecular complexity index is 481. The van der Waals surface area contributed by atoms with Gasteiger partial charge in [-0.1, -0.05) is 22.9 Å². The number of halogens is 1. The van der Waals surface area contributed by atoms with Crippen LogP contribution in [0.25, 0.3) is 5.69 Å². The first kappa shape index (κ1) is 10.1. The highest BCUT2D eigenvalue weighted by molar-refractivity contribution is 6.32. The van der Waals surface area contributed by atoms with Crippen LogP contribution in [0.5, 0.6) is 0 Å². The van der Waals surface area contributed by atoms with Crippen LogP contribution < -0.4 is 0 Å². The average molecular weight is 224 g/mol. The van der Waals surface area contributed by atoms with Gasteiger partial charge in [0.2, 0.25) is 0 Å². The second-order valence-electron chi connectivity index (χ2n) is 3.27. The number of aliphatic hydroxyl groups is 1. The fraction of sp³-hybridized carbons (Fsp3) is 0.200. The van der Waals surface area contributed by atoms with Gasteiger partial charge in [0.25, 0.3) is 0 Å². The molecule has 1 heterocycles. The lowest BCUT2D eigenvalue weighted by molar-refractivity contribution is 0.276. The minimum absolute atomic E-state index is 0.122. The molecule has 4 nitrogen and oxygen atoms in total. The molecule has 2 rings (SSSR count). The van der Waals surface area contributed by atoms with Crippen molar-refractivity contribution in [2.75, 3.05) is 0 Å². The van der Waals surface area contributed by atoms with Gasteiger partial charge in [-0.15, -0.1) is 5.10 Å². The molecule has 0 atom stereocenters. The quantitative estimate of drug-likeness (QED) is 0.844. The molecule has 0 radical (unpaired) electrons. The molecule has 0 fully saturated rings. The smallest absolute Gasteiger partial charge is 0.109 e. The van der Waals surface area contributed by atoms with E-state index in [4.69, 9.17) is 16.7 Å². The summed E-state index contributed by atoms with van der Waals surface area (Å²) in [5, 5.41) is 17.1. The van der Waals surface area contributed by atoms with Crippen LogP contribution in [0.2, 0.25) is 5.02 Å². The van der Waals surface area contributed by atoms with E-state index in [1.54, 1.807) is 10.9 Å². The Kier molecular flexibility index (Phi) is 2.70. The topological polar surface area (TPSA) is 50.9 Å². The third-order valence-corrected chi connectivity index (χ3v) is 2.37. The van der Waals surface area contributed by atoms with Gasteiger partial charge in [0.1, 0.15) is 5.69 Å². The number of hydrogen-bond acceptors (Lipinski definition) is 3. The maximum Gasteiger partial charge on any atom is 0.109 e. The highest BCUT2D eigenvalue weighted by atomic mass is 35.5. The predicted octanol–water partition coefficient (Wildman–Crippen LogP) is 1.72. The van der Waals surface area contributed by atoms with Gasteiger partial charge in [-0.3, -0.25) is 0 Å². The molecule has 0 aliphatic carbocycles. The Balaban J connectivity index is 2.48. The van der Waals surface area contributed by atoms with E-state index in [1.165, 1.54) is 0 Å². The van der Waals surface area contributed by atoms with Crippen LogP contribution in [-0.4, -0.2) is 20.1 Å². The van der Waals surface area contributed by atoms with Crippen molar-refractivity contribution in [1.29, 1.82) is 0 Å². The molecule has 0 aliphatic heterocycles. The molecule has 1 aromatic carbocycles. The van der Waals surface area contributed by atoms with Crippen LogP contribution in [0.4, 0.5) is 0 Å². The fourth-order valence-electron chi connectivity index (χ4n) is 1.29. The van der Waals surface area contributed by atoms with Gasteiger partial charge >= 0.3 is 0 Å². The molecule has 1 N–H and O–H groups in total. The van der Waals surface area contributed by atoms with Crippen molar-refractivity contribution in [2.45, 2.75) is 13.5 Å². The summed E-state index contributed by atoms with van der Waals surface area (Å²) in [6, 6.07) is 5.65. The van der Waals surface area contributed by atoms with Crippen LogP contribution in [-0.2, 0) is 6.61 Å². The van der Waals surface area contributed by atoms with Crippen molar-refractivity contribution in [1.82, 2.24) is 15.0 Å². The lowest BCUT2D eigenvalue weighted by Crippen LogP contribution is -1.96. The Hall–Kier alpha value is -1.39. The van der Waals surface area contributed by atoms with Gasteiger partial charge in [0.05, 0.1) is 23.5 Å². The number of aryl methyl sites for hydroxylation is 1. The molecule has 2 aromatic rings. The van der Waals surface area contributed by atoms with Crippen molar-refractivity contribution in [3.05, 3.63) is 40.7 Å². The molecule has 15 heavy (non-hydrogen) atoms. The van der Waals surface area contributed by atoms with Crippen LogP contribution in [0.3, 0.4) is 0 Å². The Labute approximate surface area is 92.1 Å². The summed E-state index contributed by atoms with van der Waals surface area (Å²) in [5.41, 5.74) is 2.38. The average Bonchev–Trinajstić information content (AvgIpc) is 2.70. The predicted molar refractivity (Wildman–Crippen MR) is 57.0 cm³/mol. The van der Waals surface area contributed by atoms with Crippen LogP contribution in [0.1, 0.15) is 11.3 Å². The highest BCUT2D eigenvalue weighted by Gasteiger charge is 2.05. The Morgan fingerprint density at radius 2 is 2.27 bits per heavy atom. The zero-order valence-corrected chi connectivity index (χ0v) is 8.94. The first-order valence-corrected chi connectivity index (χ1v) is 4.87. The summed E-state index contributed by atoms with van der Waals surface area (Å²) in [4.78, 5) is 0. The molecule has 1 aromatic heterocycles. The minimum Gasteiger partial charge on any atom is -0.390 e. The first-order chi connectivity index (χ1) is 7.20. The third kappa shape index (κ3) is 2.00. The van der Waals surface area contributed by atoms with Crippen molar-refractivity contribution in [3.8, 4) is 5.69 Å². The Morgan fingerprint density at radius 1 is 1.47 bits per heavy atom. The van der Waals surface area contributed by atoms with E-state index in [-0.39, 0.29) is 6.61 Å². The molecule has 0 bridgehead atoms. The van der Waals surface area contributed by atoms with Crippen molar-refractivity contribution >= 4 is 11.6 Å². The zero-order valence-electron chi connectivity index (χ0n) is 8.18. The summed E-state index contributed by atoms with van der Waals surface area (Å²) < 4.78 is 1.56. The van der Waals surface area contributed by atoms with Crippen LogP contribution in [0.15, 0.2) is 24.4 Å². The third-order valence-electron chi connectivity index (χ3n) is 2.05. The van der Waals surface area contributed by atoms with E-state index in [9.17, 15) is 0 Å². The van der Waals surface area contributed by atoms with E-state index >= 15 is 0 Å². The Morgan fingerprint density at radius 3 is 2.93 bits per heavy atom. The SMILES string of the molecule is Cc1ccc(Cl)c(-n2cc(CO)nn2)c1. The molecule has 0 amide bonds.